The molecule has 0 N–H and O–H groups in total. The minimum atomic E-state index is 0.664. The van der Waals surface area contributed by atoms with Crippen molar-refractivity contribution in [2.45, 2.75) is 20.8 Å². The summed E-state index contributed by atoms with van der Waals surface area (Å²) >= 11 is 0. The Kier molecular flexibility index (Phi) is 4.08. The van der Waals surface area contributed by atoms with E-state index in [0.717, 1.165) is 55.5 Å². The van der Waals surface area contributed by atoms with Crippen LogP contribution in [0.2, 0.25) is 0 Å². The highest BCUT2D eigenvalue weighted by atomic mass is 16.3. The van der Waals surface area contributed by atoms with Crippen LogP contribution in [0, 0.1) is 20.8 Å². The van der Waals surface area contributed by atoms with Crippen LogP contribution in [0.15, 0.2) is 77.3 Å². The Balaban J connectivity index is 1.53. The fourth-order valence-corrected chi connectivity index (χ4v) is 4.41. The lowest BCUT2D eigenvalue weighted by Crippen LogP contribution is -1.90. The molecule has 32 heavy (non-hydrogen) atoms. The third-order valence-corrected chi connectivity index (χ3v) is 6.02. The monoisotopic (exact) mass is 415 g/mol. The largest absolute Gasteiger partial charge is 0.437 e. The van der Waals surface area contributed by atoms with Gasteiger partial charge in [0.15, 0.2) is 0 Å². The summed E-state index contributed by atoms with van der Waals surface area (Å²) in [5.74, 6) is 0. The van der Waals surface area contributed by atoms with Gasteiger partial charge in [0.05, 0.1) is 11.2 Å². The van der Waals surface area contributed by atoms with E-state index in [1.807, 2.05) is 26.1 Å². The molecule has 6 aromatic rings. The van der Waals surface area contributed by atoms with Gasteiger partial charge in [0.25, 0.3) is 0 Å². The van der Waals surface area contributed by atoms with Crippen molar-refractivity contribution in [3.63, 3.8) is 0 Å². The molecule has 2 aromatic carbocycles. The molecule has 0 amide bonds. The van der Waals surface area contributed by atoms with Crippen LogP contribution in [0.4, 0.5) is 0 Å². The molecule has 0 aliphatic rings. The van der Waals surface area contributed by atoms with E-state index in [9.17, 15) is 0 Å². The summed E-state index contributed by atoms with van der Waals surface area (Å²) in [5, 5.41) is 3.22. The molecule has 0 aliphatic carbocycles. The summed E-state index contributed by atoms with van der Waals surface area (Å²) in [6, 6.07) is 23.0. The fourth-order valence-electron chi connectivity index (χ4n) is 4.41. The van der Waals surface area contributed by atoms with Gasteiger partial charge in [0.2, 0.25) is 5.71 Å². The van der Waals surface area contributed by atoms with E-state index in [-0.39, 0.29) is 0 Å². The molecule has 0 saturated carbocycles. The van der Waals surface area contributed by atoms with Crippen molar-refractivity contribution in [1.82, 2.24) is 15.0 Å². The standard InChI is InChI=1S/C28H21N3O/c1-16-13-25-20(9-7-17(2)30-25)14-24(16)19-11-12-29-26(15-19)23-6-4-5-21-22-10-8-18(3)31-28(22)32-27(21)23/h4-15H,1-3H3. The molecule has 4 heteroatoms. The second-order valence-electron chi connectivity index (χ2n) is 8.33. The molecule has 0 spiro atoms. The van der Waals surface area contributed by atoms with Crippen molar-refractivity contribution in [3.8, 4) is 22.4 Å². The first-order valence-corrected chi connectivity index (χ1v) is 10.7. The first-order chi connectivity index (χ1) is 15.6. The van der Waals surface area contributed by atoms with Crippen LogP contribution >= 0.6 is 0 Å². The average Bonchev–Trinajstić information content (AvgIpc) is 3.16. The molecule has 4 heterocycles. The number of hydrogen-bond donors (Lipinski definition) is 0. The van der Waals surface area contributed by atoms with Gasteiger partial charge in [0.1, 0.15) is 5.58 Å². The van der Waals surface area contributed by atoms with E-state index in [4.69, 9.17) is 4.42 Å². The quantitative estimate of drug-likeness (QED) is 0.300. The number of furan rings is 1. The van der Waals surface area contributed by atoms with Crippen LogP contribution in [-0.4, -0.2) is 15.0 Å². The SMILES string of the molecule is Cc1ccc2cc(-c3ccnc(-c4cccc5c4oc4nc(C)ccc45)c3)c(C)cc2n1. The highest BCUT2D eigenvalue weighted by Crippen LogP contribution is 2.36. The number of para-hydroxylation sites is 1. The molecule has 154 valence electrons. The van der Waals surface area contributed by atoms with E-state index in [1.54, 1.807) is 0 Å². The van der Waals surface area contributed by atoms with Crippen LogP contribution < -0.4 is 0 Å². The lowest BCUT2D eigenvalue weighted by molar-refractivity contribution is 0.653. The molecule has 4 aromatic heterocycles. The van der Waals surface area contributed by atoms with Gasteiger partial charge in [0, 0.05) is 39.3 Å². The lowest BCUT2D eigenvalue weighted by Gasteiger charge is -2.10. The molecular formula is C28H21N3O. The van der Waals surface area contributed by atoms with E-state index >= 15 is 0 Å². The molecule has 6 rings (SSSR count). The van der Waals surface area contributed by atoms with Crippen LogP contribution in [0.5, 0.6) is 0 Å². The highest BCUT2D eigenvalue weighted by Gasteiger charge is 2.15. The highest BCUT2D eigenvalue weighted by molar-refractivity contribution is 6.08. The molecular weight excluding hydrogens is 394 g/mol. The van der Waals surface area contributed by atoms with Crippen molar-refractivity contribution in [2.24, 2.45) is 0 Å². The number of hydrogen-bond acceptors (Lipinski definition) is 4. The van der Waals surface area contributed by atoms with Gasteiger partial charge in [-0.1, -0.05) is 18.2 Å². The van der Waals surface area contributed by atoms with Crippen LogP contribution in [0.3, 0.4) is 0 Å². The third-order valence-electron chi connectivity index (χ3n) is 6.02. The summed E-state index contributed by atoms with van der Waals surface area (Å²) < 4.78 is 6.20. The topological polar surface area (TPSA) is 51.8 Å². The van der Waals surface area contributed by atoms with E-state index in [1.165, 1.54) is 11.1 Å². The van der Waals surface area contributed by atoms with E-state index in [0.29, 0.717) is 5.71 Å². The van der Waals surface area contributed by atoms with Crippen LogP contribution in [0.1, 0.15) is 17.0 Å². The van der Waals surface area contributed by atoms with Gasteiger partial charge >= 0.3 is 0 Å². The number of nitrogens with zero attached hydrogens (tertiary/aromatic N) is 3. The second kappa shape index (κ2) is 6.99. The maximum atomic E-state index is 6.20. The Hall–Kier alpha value is -4.05. The molecule has 0 bridgehead atoms. The fraction of sp³-hybridized carbons (Fsp3) is 0.107. The number of aromatic nitrogens is 3. The number of pyridine rings is 3. The zero-order valence-electron chi connectivity index (χ0n) is 18.2. The Morgan fingerprint density at radius 1 is 0.719 bits per heavy atom. The van der Waals surface area contributed by atoms with Gasteiger partial charge in [-0.2, -0.15) is 0 Å². The first kappa shape index (κ1) is 18.7. The normalized spacial score (nSPS) is 11.6. The number of benzene rings is 2. The summed E-state index contributed by atoms with van der Waals surface area (Å²) in [4.78, 5) is 13.9. The van der Waals surface area contributed by atoms with Gasteiger partial charge in [-0.25, -0.2) is 4.98 Å². The summed E-state index contributed by atoms with van der Waals surface area (Å²) in [7, 11) is 0. The third kappa shape index (κ3) is 2.95. The van der Waals surface area contributed by atoms with E-state index < -0.39 is 0 Å². The molecule has 0 radical (unpaired) electrons. The maximum Gasteiger partial charge on any atom is 0.227 e. The van der Waals surface area contributed by atoms with Crippen molar-refractivity contribution in [1.29, 1.82) is 0 Å². The summed E-state index contributed by atoms with van der Waals surface area (Å²) in [6.45, 7) is 6.13. The Morgan fingerprint density at radius 3 is 2.47 bits per heavy atom. The van der Waals surface area contributed by atoms with Crippen molar-refractivity contribution >= 4 is 33.0 Å². The Bertz CT molecular complexity index is 1660. The van der Waals surface area contributed by atoms with Crippen molar-refractivity contribution in [3.05, 3.63) is 89.9 Å². The molecule has 4 nitrogen and oxygen atoms in total. The molecule has 0 saturated heterocycles. The van der Waals surface area contributed by atoms with Gasteiger partial charge in [-0.3, -0.25) is 9.97 Å². The molecule has 0 unspecified atom stereocenters. The lowest BCUT2D eigenvalue weighted by atomic mass is 9.97. The van der Waals surface area contributed by atoms with Crippen molar-refractivity contribution in [2.75, 3.05) is 0 Å². The van der Waals surface area contributed by atoms with Crippen molar-refractivity contribution < 1.29 is 4.42 Å². The second-order valence-corrected chi connectivity index (χ2v) is 8.33. The molecule has 0 atom stereocenters. The zero-order chi connectivity index (χ0) is 21.8. The smallest absolute Gasteiger partial charge is 0.227 e. The summed E-state index contributed by atoms with van der Waals surface area (Å²) in [6.07, 6.45) is 1.87. The van der Waals surface area contributed by atoms with Crippen LogP contribution in [0.25, 0.3) is 55.4 Å². The zero-order valence-corrected chi connectivity index (χ0v) is 18.2. The minimum Gasteiger partial charge on any atom is -0.437 e. The minimum absolute atomic E-state index is 0.664. The average molecular weight is 415 g/mol. The molecule has 0 aliphatic heterocycles. The number of fused-ring (bicyclic) bond motifs is 4. The van der Waals surface area contributed by atoms with E-state index in [2.05, 4.69) is 82.5 Å². The molecule has 0 fully saturated rings. The van der Waals surface area contributed by atoms with Crippen LogP contribution in [-0.2, 0) is 0 Å². The predicted octanol–water partition coefficient (Wildman–Crippen LogP) is 7.18. The van der Waals surface area contributed by atoms with Gasteiger partial charge in [-0.15, -0.1) is 0 Å². The number of rotatable bonds is 2. The summed E-state index contributed by atoms with van der Waals surface area (Å²) in [5.41, 5.74) is 9.81. The first-order valence-electron chi connectivity index (χ1n) is 10.7. The van der Waals surface area contributed by atoms with Gasteiger partial charge in [-0.05, 0) is 86.0 Å². The Morgan fingerprint density at radius 2 is 1.56 bits per heavy atom. The predicted molar refractivity (Wildman–Crippen MR) is 130 cm³/mol. The maximum absolute atomic E-state index is 6.20. The van der Waals surface area contributed by atoms with Gasteiger partial charge < -0.3 is 4.42 Å². The Labute approximate surface area is 185 Å². The number of aryl methyl sites for hydroxylation is 3.